The number of carbonyl (C=O) groups is 1. The average molecular weight is 325 g/mol. The Kier molecular flexibility index (Phi) is 3.38. The predicted octanol–water partition coefficient (Wildman–Crippen LogP) is 4.03. The summed E-state index contributed by atoms with van der Waals surface area (Å²) >= 11 is 5.96. The quantitative estimate of drug-likeness (QED) is 0.734. The van der Waals surface area contributed by atoms with Gasteiger partial charge in [-0.2, -0.15) is 0 Å². The molecule has 0 fully saturated rings. The largest absolute Gasteiger partial charge is 0.358 e. The molecular weight excluding hydrogens is 308 g/mol. The Morgan fingerprint density at radius 2 is 2.09 bits per heavy atom. The number of aromatic amines is 1. The van der Waals surface area contributed by atoms with Crippen molar-refractivity contribution < 1.29 is 4.79 Å². The summed E-state index contributed by atoms with van der Waals surface area (Å²) in [6.07, 6.45) is 1.71. The number of carbonyl (C=O) groups excluding carboxylic acids is 1. The number of H-pyrrole nitrogens is 1. The Morgan fingerprint density at radius 3 is 2.91 bits per heavy atom. The van der Waals surface area contributed by atoms with Gasteiger partial charge in [-0.25, -0.2) is 0 Å². The van der Waals surface area contributed by atoms with Crippen molar-refractivity contribution in [3.8, 4) is 0 Å². The Balaban J connectivity index is 1.54. The van der Waals surface area contributed by atoms with Crippen LogP contribution in [0, 0.1) is 6.92 Å². The maximum Gasteiger partial charge on any atom is 0.251 e. The number of rotatable bonds is 2. The van der Waals surface area contributed by atoms with Crippen LogP contribution in [0.3, 0.4) is 0 Å². The number of benzene rings is 2. The maximum absolute atomic E-state index is 12.4. The molecule has 3 nitrogen and oxygen atoms in total. The number of hydrogen-bond donors (Lipinski definition) is 2. The highest BCUT2D eigenvalue weighted by atomic mass is 35.5. The van der Waals surface area contributed by atoms with Crippen LogP contribution in [-0.2, 0) is 12.8 Å². The van der Waals surface area contributed by atoms with Crippen molar-refractivity contribution in [2.75, 3.05) is 0 Å². The fraction of sp³-hybridized carbons (Fsp3) is 0.211. The molecule has 1 aliphatic carbocycles. The minimum Gasteiger partial charge on any atom is -0.358 e. The average Bonchev–Trinajstić information content (AvgIpc) is 3.05. The first kappa shape index (κ1) is 14.3. The second-order valence-electron chi connectivity index (χ2n) is 6.22. The van der Waals surface area contributed by atoms with E-state index in [0.29, 0.717) is 10.6 Å². The van der Waals surface area contributed by atoms with Crippen LogP contribution in [0.1, 0.15) is 27.2 Å². The number of amides is 1. The minimum atomic E-state index is -0.0665. The molecule has 116 valence electrons. The summed E-state index contributed by atoms with van der Waals surface area (Å²) < 4.78 is 0. The minimum absolute atomic E-state index is 0.0665. The highest BCUT2D eigenvalue weighted by molar-refractivity contribution is 6.30. The molecule has 0 saturated carbocycles. The predicted molar refractivity (Wildman–Crippen MR) is 93.1 cm³/mol. The molecule has 1 amide bonds. The lowest BCUT2D eigenvalue weighted by Crippen LogP contribution is -2.35. The van der Waals surface area contributed by atoms with Crippen molar-refractivity contribution in [3.63, 3.8) is 0 Å². The molecule has 0 spiro atoms. The Labute approximate surface area is 139 Å². The second kappa shape index (κ2) is 5.43. The van der Waals surface area contributed by atoms with Gasteiger partial charge in [-0.1, -0.05) is 29.3 Å². The van der Waals surface area contributed by atoms with E-state index in [0.717, 1.165) is 12.8 Å². The summed E-state index contributed by atoms with van der Waals surface area (Å²) in [6.45, 7) is 2.10. The van der Waals surface area contributed by atoms with Gasteiger partial charge in [-0.05, 0) is 49.2 Å². The van der Waals surface area contributed by atoms with Gasteiger partial charge < -0.3 is 10.3 Å². The molecule has 1 heterocycles. The molecule has 1 aliphatic rings. The van der Waals surface area contributed by atoms with E-state index in [2.05, 4.69) is 35.4 Å². The molecule has 2 aromatic carbocycles. The van der Waals surface area contributed by atoms with E-state index in [1.54, 1.807) is 24.3 Å². The monoisotopic (exact) mass is 324 g/mol. The topological polar surface area (TPSA) is 44.9 Å². The molecule has 0 radical (unpaired) electrons. The van der Waals surface area contributed by atoms with Crippen LogP contribution in [0.4, 0.5) is 0 Å². The van der Waals surface area contributed by atoms with Crippen molar-refractivity contribution in [3.05, 3.63) is 69.9 Å². The molecule has 1 unspecified atom stereocenters. The van der Waals surface area contributed by atoms with Crippen molar-refractivity contribution in [1.29, 1.82) is 0 Å². The Bertz CT molecular complexity index is 913. The van der Waals surface area contributed by atoms with Crippen molar-refractivity contribution in [1.82, 2.24) is 10.3 Å². The summed E-state index contributed by atoms with van der Waals surface area (Å²) in [6, 6.07) is 13.6. The molecule has 1 atom stereocenters. The van der Waals surface area contributed by atoms with Crippen LogP contribution in [0.2, 0.25) is 5.02 Å². The number of halogens is 1. The summed E-state index contributed by atoms with van der Waals surface area (Å²) in [5.74, 6) is -0.0665. The smallest absolute Gasteiger partial charge is 0.251 e. The first-order valence-electron chi connectivity index (χ1n) is 7.76. The third kappa shape index (κ3) is 2.62. The SMILES string of the molecule is Cc1ccc2[nH]c3c(c2c1)CC(NC(=O)c1cccc(Cl)c1)C3. The molecule has 2 N–H and O–H groups in total. The highest BCUT2D eigenvalue weighted by Crippen LogP contribution is 2.30. The number of aromatic nitrogens is 1. The molecule has 4 rings (SSSR count). The van der Waals surface area contributed by atoms with E-state index in [1.165, 1.54) is 27.7 Å². The standard InChI is InChI=1S/C19H17ClN2O/c1-11-5-6-17-15(7-11)16-9-14(10-18(16)22-17)21-19(23)12-3-2-4-13(20)8-12/h2-8,14,22H,9-10H2,1H3,(H,21,23). The zero-order valence-electron chi connectivity index (χ0n) is 12.8. The van der Waals surface area contributed by atoms with Gasteiger partial charge in [0.2, 0.25) is 0 Å². The van der Waals surface area contributed by atoms with Gasteiger partial charge in [-0.3, -0.25) is 4.79 Å². The Morgan fingerprint density at radius 1 is 1.22 bits per heavy atom. The van der Waals surface area contributed by atoms with Crippen LogP contribution in [0.15, 0.2) is 42.5 Å². The summed E-state index contributed by atoms with van der Waals surface area (Å²) in [5.41, 5.74) is 5.61. The summed E-state index contributed by atoms with van der Waals surface area (Å²) in [5, 5.41) is 4.97. The number of aryl methyl sites for hydroxylation is 1. The third-order valence-electron chi connectivity index (χ3n) is 4.47. The third-order valence-corrected chi connectivity index (χ3v) is 4.71. The van der Waals surface area contributed by atoms with E-state index in [9.17, 15) is 4.79 Å². The molecule has 23 heavy (non-hydrogen) atoms. The number of hydrogen-bond acceptors (Lipinski definition) is 1. The van der Waals surface area contributed by atoms with Crippen LogP contribution in [0.5, 0.6) is 0 Å². The van der Waals surface area contributed by atoms with Crippen molar-refractivity contribution in [2.45, 2.75) is 25.8 Å². The van der Waals surface area contributed by atoms with Crippen molar-refractivity contribution in [2.24, 2.45) is 0 Å². The maximum atomic E-state index is 12.4. The van der Waals surface area contributed by atoms with Gasteiger partial charge >= 0.3 is 0 Å². The van der Waals surface area contributed by atoms with Gasteiger partial charge in [0.25, 0.3) is 5.91 Å². The van der Waals surface area contributed by atoms with Gasteiger partial charge in [-0.15, -0.1) is 0 Å². The summed E-state index contributed by atoms with van der Waals surface area (Å²) in [4.78, 5) is 15.8. The molecule has 0 bridgehead atoms. The molecule has 0 saturated heterocycles. The molecular formula is C19H17ClN2O. The van der Waals surface area contributed by atoms with Crippen LogP contribution < -0.4 is 5.32 Å². The van der Waals surface area contributed by atoms with Gasteiger partial charge in [0.1, 0.15) is 0 Å². The van der Waals surface area contributed by atoms with E-state index >= 15 is 0 Å². The molecule has 4 heteroatoms. The molecule has 3 aromatic rings. The molecule has 1 aromatic heterocycles. The fourth-order valence-electron chi connectivity index (χ4n) is 3.39. The van der Waals surface area contributed by atoms with Crippen LogP contribution >= 0.6 is 11.6 Å². The van der Waals surface area contributed by atoms with Crippen LogP contribution in [-0.4, -0.2) is 16.9 Å². The normalized spacial score (nSPS) is 16.5. The van der Waals surface area contributed by atoms with Crippen LogP contribution in [0.25, 0.3) is 10.9 Å². The lowest BCUT2D eigenvalue weighted by atomic mass is 10.1. The van der Waals surface area contributed by atoms with E-state index in [1.807, 2.05) is 0 Å². The number of nitrogens with one attached hydrogen (secondary N) is 2. The first-order chi connectivity index (χ1) is 11.1. The van der Waals surface area contributed by atoms with Crippen molar-refractivity contribution >= 4 is 28.4 Å². The fourth-order valence-corrected chi connectivity index (χ4v) is 3.58. The van der Waals surface area contributed by atoms with E-state index in [4.69, 9.17) is 11.6 Å². The number of fused-ring (bicyclic) bond motifs is 3. The Hall–Kier alpha value is -2.26. The highest BCUT2D eigenvalue weighted by Gasteiger charge is 2.26. The lowest BCUT2D eigenvalue weighted by molar-refractivity contribution is 0.0938. The van der Waals surface area contributed by atoms with E-state index < -0.39 is 0 Å². The zero-order valence-corrected chi connectivity index (χ0v) is 13.6. The second-order valence-corrected chi connectivity index (χ2v) is 6.66. The zero-order chi connectivity index (χ0) is 16.0. The first-order valence-corrected chi connectivity index (χ1v) is 8.14. The summed E-state index contributed by atoms with van der Waals surface area (Å²) in [7, 11) is 0. The lowest BCUT2D eigenvalue weighted by Gasteiger charge is -2.12. The molecule has 0 aliphatic heterocycles. The van der Waals surface area contributed by atoms with Gasteiger partial charge in [0, 0.05) is 39.6 Å². The van der Waals surface area contributed by atoms with Gasteiger partial charge in [0.15, 0.2) is 0 Å². The van der Waals surface area contributed by atoms with Gasteiger partial charge in [0.05, 0.1) is 0 Å². The van der Waals surface area contributed by atoms with E-state index in [-0.39, 0.29) is 11.9 Å².